The lowest BCUT2D eigenvalue weighted by Gasteiger charge is -2.43. The van der Waals surface area contributed by atoms with Gasteiger partial charge in [-0.05, 0) is 64.5 Å². The van der Waals surface area contributed by atoms with Gasteiger partial charge in [-0.2, -0.15) is 0 Å². The van der Waals surface area contributed by atoms with Gasteiger partial charge in [-0.1, -0.05) is 27.7 Å². The second-order valence-corrected chi connectivity index (χ2v) is 10.8. The number of rotatable bonds is 21. The van der Waals surface area contributed by atoms with Crippen LogP contribution in [0.4, 0.5) is 0 Å². The Kier molecular flexibility index (Phi) is 15.8. The van der Waals surface area contributed by atoms with E-state index in [0.717, 1.165) is 4.90 Å². The molecule has 0 aliphatic heterocycles. The standard InChI is InChI=1S/C27H42N2O12/c1-15(2)13-17(28-5)25(39)41-26(40)18(14-16(3)4)29(6)27(21(32)24(37)38,11-7-9-19(30)22(33)34)12-8-10-20(31)23(35)36/h15-18,28H,7-14H2,1-6H3,(H,33,34)(H,35,36)(H,37,38)/t17?,18-/m0/s1. The summed E-state index contributed by atoms with van der Waals surface area (Å²) in [5.74, 6) is -11.2. The molecule has 4 N–H and O–H groups in total. The zero-order valence-electron chi connectivity index (χ0n) is 24.4. The number of carbonyl (C=O) groups excluding carboxylic acids is 5. The Hall–Kier alpha value is -3.52. The van der Waals surface area contributed by atoms with E-state index in [-0.39, 0.29) is 31.1 Å². The molecule has 0 radical (unpaired) electrons. The molecule has 0 aromatic rings. The number of ether oxygens (including phenoxy) is 1. The topological polar surface area (TPSA) is 222 Å². The van der Waals surface area contributed by atoms with Crippen LogP contribution in [0.25, 0.3) is 0 Å². The lowest BCUT2D eigenvalue weighted by molar-refractivity contribution is -0.169. The maximum atomic E-state index is 13.4. The Morgan fingerprint density at radius 3 is 1.51 bits per heavy atom. The average Bonchev–Trinajstić information content (AvgIpc) is 2.87. The summed E-state index contributed by atoms with van der Waals surface area (Å²) >= 11 is 0. The molecule has 41 heavy (non-hydrogen) atoms. The van der Waals surface area contributed by atoms with Crippen molar-refractivity contribution in [1.29, 1.82) is 0 Å². The van der Waals surface area contributed by atoms with Crippen LogP contribution in [-0.4, -0.2) is 99.1 Å². The highest BCUT2D eigenvalue weighted by atomic mass is 16.6. The molecule has 232 valence electrons. The second-order valence-electron chi connectivity index (χ2n) is 10.8. The maximum Gasteiger partial charge on any atom is 0.374 e. The zero-order valence-corrected chi connectivity index (χ0v) is 24.4. The Bertz CT molecular complexity index is 972. The Balaban J connectivity index is 6.62. The minimum Gasteiger partial charge on any atom is -0.476 e. The van der Waals surface area contributed by atoms with Crippen LogP contribution in [0.3, 0.4) is 0 Å². The van der Waals surface area contributed by atoms with Crippen molar-refractivity contribution in [3.63, 3.8) is 0 Å². The number of hydrogen-bond donors (Lipinski definition) is 4. The number of carboxylic acid groups (broad SMARTS) is 3. The monoisotopic (exact) mass is 586 g/mol. The zero-order chi connectivity index (χ0) is 32.1. The molecule has 2 atom stereocenters. The molecule has 0 saturated heterocycles. The molecule has 1 unspecified atom stereocenters. The lowest BCUT2D eigenvalue weighted by Crippen LogP contribution is -2.61. The van der Waals surface area contributed by atoms with Crippen LogP contribution in [0.1, 0.15) is 79.1 Å². The molecule has 14 nitrogen and oxygen atoms in total. The van der Waals surface area contributed by atoms with Gasteiger partial charge >= 0.3 is 29.8 Å². The number of nitrogens with zero attached hydrogens (tertiary/aromatic N) is 1. The van der Waals surface area contributed by atoms with Crippen LogP contribution in [0.2, 0.25) is 0 Å². The fourth-order valence-corrected chi connectivity index (χ4v) is 4.56. The van der Waals surface area contributed by atoms with Gasteiger partial charge in [0.1, 0.15) is 12.1 Å². The number of nitrogens with one attached hydrogen (secondary N) is 1. The van der Waals surface area contributed by atoms with Gasteiger partial charge in [0.05, 0.1) is 5.54 Å². The molecular weight excluding hydrogens is 544 g/mol. The highest BCUT2D eigenvalue weighted by molar-refractivity contribution is 6.36. The third kappa shape index (κ3) is 11.9. The fourth-order valence-electron chi connectivity index (χ4n) is 4.56. The first-order valence-electron chi connectivity index (χ1n) is 13.4. The van der Waals surface area contributed by atoms with E-state index in [1.807, 2.05) is 13.8 Å². The van der Waals surface area contributed by atoms with Crippen LogP contribution >= 0.6 is 0 Å². The summed E-state index contributed by atoms with van der Waals surface area (Å²) in [7, 11) is 2.78. The summed E-state index contributed by atoms with van der Waals surface area (Å²) in [6.45, 7) is 7.21. The average molecular weight is 587 g/mol. The van der Waals surface area contributed by atoms with Crippen molar-refractivity contribution in [3.8, 4) is 0 Å². The number of Topliss-reactive ketones (excluding diaryl/α,β-unsaturated/α-hetero) is 3. The van der Waals surface area contributed by atoms with Crippen molar-refractivity contribution < 1.29 is 58.4 Å². The van der Waals surface area contributed by atoms with E-state index in [1.54, 1.807) is 13.8 Å². The van der Waals surface area contributed by atoms with Crippen LogP contribution in [0.5, 0.6) is 0 Å². The molecule has 0 fully saturated rings. The summed E-state index contributed by atoms with van der Waals surface area (Å²) in [5, 5.41) is 30.3. The first kappa shape index (κ1) is 37.5. The molecule has 0 bridgehead atoms. The normalized spacial score (nSPS) is 13.1. The third-order valence-corrected chi connectivity index (χ3v) is 6.73. The SMILES string of the molecule is CNC(CC(C)C)C(=O)OC(=O)[C@H](CC(C)C)N(C)C(CCCC(=O)C(=O)O)(CCCC(=O)C(=O)O)C(=O)C(=O)O. The summed E-state index contributed by atoms with van der Waals surface area (Å²) in [5.41, 5.74) is -2.08. The third-order valence-electron chi connectivity index (χ3n) is 6.73. The molecule has 14 heteroatoms. The van der Waals surface area contributed by atoms with Crippen molar-refractivity contribution in [3.05, 3.63) is 0 Å². The molecule has 0 heterocycles. The molecule has 0 amide bonds. The number of ketones is 3. The molecule has 0 aromatic heterocycles. The molecule has 0 saturated carbocycles. The Labute approximate surface area is 238 Å². The highest BCUT2D eigenvalue weighted by Crippen LogP contribution is 2.33. The van der Waals surface area contributed by atoms with Crippen molar-refractivity contribution in [2.75, 3.05) is 14.1 Å². The van der Waals surface area contributed by atoms with E-state index in [2.05, 4.69) is 5.32 Å². The minimum absolute atomic E-state index is 0.00771. The van der Waals surface area contributed by atoms with Crippen LogP contribution in [0, 0.1) is 11.8 Å². The largest absolute Gasteiger partial charge is 0.476 e. The Morgan fingerprint density at radius 2 is 1.17 bits per heavy atom. The number of esters is 2. The molecule has 0 aliphatic rings. The fraction of sp³-hybridized carbons (Fsp3) is 0.704. The summed E-state index contributed by atoms with van der Waals surface area (Å²) in [6.07, 6.45) is -2.14. The first-order valence-corrected chi connectivity index (χ1v) is 13.4. The summed E-state index contributed by atoms with van der Waals surface area (Å²) < 4.78 is 5.17. The van der Waals surface area contributed by atoms with Crippen LogP contribution < -0.4 is 5.32 Å². The van der Waals surface area contributed by atoms with Gasteiger partial charge < -0.3 is 25.4 Å². The van der Waals surface area contributed by atoms with E-state index in [9.17, 15) is 43.5 Å². The molecule has 0 aromatic carbocycles. The number of carbonyl (C=O) groups is 8. The van der Waals surface area contributed by atoms with Crippen molar-refractivity contribution >= 4 is 47.2 Å². The van der Waals surface area contributed by atoms with Gasteiger partial charge in [0.25, 0.3) is 5.78 Å². The van der Waals surface area contributed by atoms with Crippen LogP contribution in [-0.2, 0) is 43.1 Å². The van der Waals surface area contributed by atoms with E-state index in [0.29, 0.717) is 6.42 Å². The predicted octanol–water partition coefficient (Wildman–Crippen LogP) is 1.08. The van der Waals surface area contributed by atoms with Gasteiger partial charge in [-0.15, -0.1) is 0 Å². The van der Waals surface area contributed by atoms with Crippen molar-refractivity contribution in [2.45, 2.75) is 96.7 Å². The van der Waals surface area contributed by atoms with Gasteiger partial charge in [0.15, 0.2) is 0 Å². The second kappa shape index (κ2) is 17.3. The molecule has 0 rings (SSSR count). The van der Waals surface area contributed by atoms with E-state index in [1.165, 1.54) is 14.1 Å². The smallest absolute Gasteiger partial charge is 0.374 e. The predicted molar refractivity (Wildman–Crippen MR) is 143 cm³/mol. The van der Waals surface area contributed by atoms with E-state index < -0.39 is 90.5 Å². The quantitative estimate of drug-likeness (QED) is 0.0839. The highest BCUT2D eigenvalue weighted by Gasteiger charge is 2.49. The summed E-state index contributed by atoms with van der Waals surface area (Å²) in [6, 6.07) is -2.16. The molecule has 0 aliphatic carbocycles. The minimum atomic E-state index is -2.08. The van der Waals surface area contributed by atoms with E-state index in [4.69, 9.17) is 14.9 Å². The number of hydrogen-bond acceptors (Lipinski definition) is 11. The summed E-state index contributed by atoms with van der Waals surface area (Å²) in [4.78, 5) is 98.0. The maximum absolute atomic E-state index is 13.4. The van der Waals surface area contributed by atoms with Crippen molar-refractivity contribution in [2.24, 2.45) is 11.8 Å². The van der Waals surface area contributed by atoms with Gasteiger partial charge in [-0.25, -0.2) is 24.0 Å². The number of aliphatic carboxylic acids is 3. The van der Waals surface area contributed by atoms with Gasteiger partial charge in [-0.3, -0.25) is 19.3 Å². The molecule has 0 spiro atoms. The van der Waals surface area contributed by atoms with Gasteiger partial charge in [0.2, 0.25) is 11.6 Å². The lowest BCUT2D eigenvalue weighted by atomic mass is 9.79. The van der Waals surface area contributed by atoms with Gasteiger partial charge in [0, 0.05) is 12.8 Å². The van der Waals surface area contributed by atoms with E-state index >= 15 is 0 Å². The van der Waals surface area contributed by atoms with Crippen LogP contribution in [0.15, 0.2) is 0 Å². The van der Waals surface area contributed by atoms with Crippen molar-refractivity contribution in [1.82, 2.24) is 10.2 Å². The molecular formula is C27H42N2O12. The number of likely N-dealkylation sites (N-methyl/N-ethyl adjacent to an activating group) is 2. The number of carboxylic acids is 3. The first-order chi connectivity index (χ1) is 18.9. The Morgan fingerprint density at radius 1 is 0.732 bits per heavy atom.